The maximum Gasteiger partial charge on any atom is 0.258 e. The number of hydrogen-bond acceptors (Lipinski definition) is 7. The molecule has 1 aliphatic rings. The second-order valence-electron chi connectivity index (χ2n) is 5.28. The summed E-state index contributed by atoms with van der Waals surface area (Å²) in [6.07, 6.45) is 0.927. The minimum Gasteiger partial charge on any atom is -0.381 e. The average Bonchev–Trinajstić information content (AvgIpc) is 3.17. The van der Waals surface area contributed by atoms with Crippen molar-refractivity contribution in [2.24, 2.45) is 0 Å². The second kappa shape index (κ2) is 4.63. The van der Waals surface area contributed by atoms with Gasteiger partial charge in [-0.3, -0.25) is 0 Å². The molecular formula is C14H14N4O3. The predicted octanol–water partition coefficient (Wildman–Crippen LogP) is 2.39. The molecule has 3 aromatic rings. The Morgan fingerprint density at radius 2 is 2.05 bits per heavy atom. The molecule has 0 N–H and O–H groups in total. The fourth-order valence-electron chi connectivity index (χ4n) is 2.63. The SMILES string of the molecule is Cc1cc(-c2nc([C@H]3CCOC3)no2)c2c(C)noc2n1. The van der Waals surface area contributed by atoms with Crippen LogP contribution in [0.3, 0.4) is 0 Å². The highest BCUT2D eigenvalue weighted by atomic mass is 16.5. The van der Waals surface area contributed by atoms with Gasteiger partial charge in [-0.05, 0) is 26.3 Å². The van der Waals surface area contributed by atoms with Crippen LogP contribution >= 0.6 is 0 Å². The molecule has 0 unspecified atom stereocenters. The first-order valence-electron chi connectivity index (χ1n) is 6.87. The molecule has 0 amide bonds. The highest BCUT2D eigenvalue weighted by molar-refractivity contribution is 5.91. The van der Waals surface area contributed by atoms with Crippen molar-refractivity contribution < 1.29 is 13.8 Å². The van der Waals surface area contributed by atoms with E-state index in [2.05, 4.69) is 20.3 Å². The Bertz CT molecular complexity index is 802. The van der Waals surface area contributed by atoms with Crippen LogP contribution in [0.4, 0.5) is 0 Å². The number of nitrogens with zero attached hydrogens (tertiary/aromatic N) is 4. The zero-order valence-corrected chi connectivity index (χ0v) is 11.8. The molecule has 0 aromatic carbocycles. The van der Waals surface area contributed by atoms with Crippen molar-refractivity contribution in [3.05, 3.63) is 23.3 Å². The molecule has 4 heterocycles. The molecule has 7 nitrogen and oxygen atoms in total. The molecule has 7 heteroatoms. The van der Waals surface area contributed by atoms with Gasteiger partial charge in [0.1, 0.15) is 0 Å². The van der Waals surface area contributed by atoms with Gasteiger partial charge in [0.15, 0.2) is 5.82 Å². The van der Waals surface area contributed by atoms with Crippen LogP contribution in [-0.4, -0.2) is 33.5 Å². The second-order valence-corrected chi connectivity index (χ2v) is 5.28. The Morgan fingerprint density at radius 3 is 2.86 bits per heavy atom. The van der Waals surface area contributed by atoms with Gasteiger partial charge in [-0.1, -0.05) is 10.3 Å². The molecule has 4 rings (SSSR count). The Kier molecular flexibility index (Phi) is 2.75. The van der Waals surface area contributed by atoms with E-state index in [-0.39, 0.29) is 5.92 Å². The molecule has 0 saturated carbocycles. The topological polar surface area (TPSA) is 87.1 Å². The van der Waals surface area contributed by atoms with Gasteiger partial charge in [-0.15, -0.1) is 0 Å². The van der Waals surface area contributed by atoms with Crippen molar-refractivity contribution in [3.63, 3.8) is 0 Å². The summed E-state index contributed by atoms with van der Waals surface area (Å²) in [7, 11) is 0. The van der Waals surface area contributed by atoms with Crippen LogP contribution in [0.2, 0.25) is 0 Å². The van der Waals surface area contributed by atoms with Gasteiger partial charge >= 0.3 is 0 Å². The maximum atomic E-state index is 5.44. The lowest BCUT2D eigenvalue weighted by atomic mass is 10.1. The lowest BCUT2D eigenvalue weighted by Crippen LogP contribution is -1.99. The zero-order chi connectivity index (χ0) is 14.4. The van der Waals surface area contributed by atoms with E-state index in [1.165, 1.54) is 0 Å². The third-order valence-electron chi connectivity index (χ3n) is 3.71. The van der Waals surface area contributed by atoms with E-state index in [0.717, 1.165) is 35.4 Å². The maximum absolute atomic E-state index is 5.44. The van der Waals surface area contributed by atoms with Crippen molar-refractivity contribution in [1.29, 1.82) is 0 Å². The van der Waals surface area contributed by atoms with Gasteiger partial charge in [0.05, 0.1) is 23.3 Å². The highest BCUT2D eigenvalue weighted by Gasteiger charge is 2.25. The van der Waals surface area contributed by atoms with Crippen molar-refractivity contribution >= 4 is 11.1 Å². The number of aromatic nitrogens is 4. The normalized spacial score (nSPS) is 18.7. The third kappa shape index (κ3) is 2.01. The molecule has 0 bridgehead atoms. The standard InChI is InChI=1S/C14H14N4O3/c1-7-5-10(11-8(2)17-21-14(11)15-7)13-16-12(18-20-13)9-3-4-19-6-9/h5,9H,3-4,6H2,1-2H3/t9-/m0/s1. The summed E-state index contributed by atoms with van der Waals surface area (Å²) in [5.74, 6) is 1.38. The zero-order valence-electron chi connectivity index (χ0n) is 11.8. The van der Waals surface area contributed by atoms with Gasteiger partial charge in [0, 0.05) is 18.2 Å². The Hall–Kier alpha value is -2.28. The molecule has 0 aliphatic carbocycles. The molecule has 0 radical (unpaired) electrons. The molecular weight excluding hydrogens is 272 g/mol. The van der Waals surface area contributed by atoms with Crippen molar-refractivity contribution in [3.8, 4) is 11.5 Å². The van der Waals surface area contributed by atoms with Crippen LogP contribution in [0.5, 0.6) is 0 Å². The van der Waals surface area contributed by atoms with Crippen molar-refractivity contribution in [1.82, 2.24) is 20.3 Å². The number of rotatable bonds is 2. The van der Waals surface area contributed by atoms with E-state index >= 15 is 0 Å². The summed E-state index contributed by atoms with van der Waals surface area (Å²) in [6.45, 7) is 5.16. The molecule has 1 atom stereocenters. The molecule has 1 saturated heterocycles. The lowest BCUT2D eigenvalue weighted by Gasteiger charge is -1.99. The largest absolute Gasteiger partial charge is 0.381 e. The number of hydrogen-bond donors (Lipinski definition) is 0. The van der Waals surface area contributed by atoms with E-state index in [0.29, 0.717) is 24.0 Å². The van der Waals surface area contributed by atoms with Gasteiger partial charge in [0.2, 0.25) is 0 Å². The number of aryl methyl sites for hydroxylation is 2. The summed E-state index contributed by atoms with van der Waals surface area (Å²) in [5.41, 5.74) is 2.88. The van der Waals surface area contributed by atoms with E-state index in [9.17, 15) is 0 Å². The van der Waals surface area contributed by atoms with Crippen LogP contribution in [0.15, 0.2) is 15.1 Å². The van der Waals surface area contributed by atoms with Crippen LogP contribution in [0, 0.1) is 13.8 Å². The Morgan fingerprint density at radius 1 is 1.14 bits per heavy atom. The summed E-state index contributed by atoms with van der Waals surface area (Å²) in [4.78, 5) is 8.85. The van der Waals surface area contributed by atoms with E-state index in [4.69, 9.17) is 13.8 Å². The predicted molar refractivity (Wildman–Crippen MR) is 72.7 cm³/mol. The van der Waals surface area contributed by atoms with E-state index in [1.54, 1.807) is 0 Å². The summed E-state index contributed by atoms with van der Waals surface area (Å²) < 4.78 is 16.0. The molecule has 108 valence electrons. The summed E-state index contributed by atoms with van der Waals surface area (Å²) >= 11 is 0. The number of pyridine rings is 1. The Labute approximate surface area is 120 Å². The quantitative estimate of drug-likeness (QED) is 0.714. The molecule has 21 heavy (non-hydrogen) atoms. The van der Waals surface area contributed by atoms with Crippen molar-refractivity contribution in [2.45, 2.75) is 26.2 Å². The van der Waals surface area contributed by atoms with Gasteiger partial charge in [-0.2, -0.15) is 4.98 Å². The lowest BCUT2D eigenvalue weighted by molar-refractivity contribution is 0.192. The van der Waals surface area contributed by atoms with Crippen LogP contribution in [0.25, 0.3) is 22.6 Å². The van der Waals surface area contributed by atoms with Gasteiger partial charge < -0.3 is 13.8 Å². The first kappa shape index (κ1) is 12.5. The molecule has 0 spiro atoms. The fraction of sp³-hybridized carbons (Fsp3) is 0.429. The monoisotopic (exact) mass is 286 g/mol. The first-order chi connectivity index (χ1) is 10.2. The molecule has 1 fully saturated rings. The van der Waals surface area contributed by atoms with E-state index < -0.39 is 0 Å². The van der Waals surface area contributed by atoms with Crippen molar-refractivity contribution in [2.75, 3.05) is 13.2 Å². The Balaban J connectivity index is 1.84. The minimum atomic E-state index is 0.212. The average molecular weight is 286 g/mol. The minimum absolute atomic E-state index is 0.212. The number of ether oxygens (including phenoxy) is 1. The summed E-state index contributed by atoms with van der Waals surface area (Å²) in [6, 6.07) is 1.91. The smallest absolute Gasteiger partial charge is 0.258 e. The van der Waals surface area contributed by atoms with Crippen LogP contribution in [0.1, 0.15) is 29.6 Å². The van der Waals surface area contributed by atoms with Crippen LogP contribution < -0.4 is 0 Å². The molecule has 3 aromatic heterocycles. The van der Waals surface area contributed by atoms with E-state index in [1.807, 2.05) is 19.9 Å². The summed E-state index contributed by atoms with van der Waals surface area (Å²) in [5, 5.41) is 8.87. The number of fused-ring (bicyclic) bond motifs is 1. The molecule has 1 aliphatic heterocycles. The van der Waals surface area contributed by atoms with Gasteiger partial charge in [0.25, 0.3) is 11.6 Å². The fourth-order valence-corrected chi connectivity index (χ4v) is 2.63. The highest BCUT2D eigenvalue weighted by Crippen LogP contribution is 2.31. The van der Waals surface area contributed by atoms with Gasteiger partial charge in [-0.25, -0.2) is 4.98 Å². The third-order valence-corrected chi connectivity index (χ3v) is 3.71. The van der Waals surface area contributed by atoms with Crippen LogP contribution in [-0.2, 0) is 4.74 Å². The first-order valence-corrected chi connectivity index (χ1v) is 6.87.